The molecule has 0 saturated heterocycles. The van der Waals surface area contributed by atoms with Crippen molar-refractivity contribution in [2.75, 3.05) is 25.1 Å². The van der Waals surface area contributed by atoms with Gasteiger partial charge in [0.2, 0.25) is 11.8 Å². The molecule has 0 radical (unpaired) electrons. The number of nitrogens with one attached hydrogen (secondary N) is 2. The van der Waals surface area contributed by atoms with E-state index in [4.69, 9.17) is 0 Å². The minimum Gasteiger partial charge on any atom is -0.469 e. The fourth-order valence-electron chi connectivity index (χ4n) is 6.49. The first-order valence-corrected chi connectivity index (χ1v) is 17.0. The molecule has 4 rings (SSSR count). The number of hydrogen-bond donors (Lipinski definition) is 2. The smallest absolute Gasteiger partial charge is 0.305 e. The topological polar surface area (TPSA) is 110 Å². The molecule has 3 aromatic rings. The van der Waals surface area contributed by atoms with Crippen molar-refractivity contribution < 1.29 is 23.9 Å². The number of amides is 3. The standard InChI is InChI=1S/C37H50N4O5/c1-4-27-15-10-12-17-31(27)40(5-2)34(42)26-41-32-18-13-11-16-29(32)25-33(41)37(45)39-30-22-20-28(21-23-30)36(44)38-24-14-8-6-7-9-19-35(43)46-3/h10-13,15-18,25,28,30H,4-9,14,19-24,26H2,1-3H3,(H,38,44)(H,39,45). The highest BCUT2D eigenvalue weighted by Gasteiger charge is 2.28. The second-order valence-corrected chi connectivity index (χ2v) is 12.2. The van der Waals surface area contributed by atoms with E-state index in [1.807, 2.05) is 66.1 Å². The first kappa shape index (κ1) is 34.7. The molecule has 46 heavy (non-hydrogen) atoms. The summed E-state index contributed by atoms with van der Waals surface area (Å²) in [6.07, 6.45) is 9.03. The lowest BCUT2D eigenvalue weighted by Gasteiger charge is -2.28. The summed E-state index contributed by atoms with van der Waals surface area (Å²) >= 11 is 0. The van der Waals surface area contributed by atoms with Gasteiger partial charge in [-0.3, -0.25) is 19.2 Å². The molecule has 1 aliphatic carbocycles. The van der Waals surface area contributed by atoms with Gasteiger partial charge in [0.1, 0.15) is 12.2 Å². The molecule has 1 saturated carbocycles. The van der Waals surface area contributed by atoms with Crippen LogP contribution in [0, 0.1) is 5.92 Å². The van der Waals surface area contributed by atoms with Gasteiger partial charge >= 0.3 is 5.97 Å². The quantitative estimate of drug-likeness (QED) is 0.145. The van der Waals surface area contributed by atoms with Crippen molar-refractivity contribution in [3.05, 3.63) is 65.9 Å². The average molecular weight is 631 g/mol. The lowest BCUT2D eigenvalue weighted by atomic mass is 9.85. The molecule has 1 aliphatic rings. The van der Waals surface area contributed by atoms with Crippen LogP contribution in [0.4, 0.5) is 5.69 Å². The third-order valence-electron chi connectivity index (χ3n) is 9.13. The third kappa shape index (κ3) is 9.21. The van der Waals surface area contributed by atoms with Crippen molar-refractivity contribution in [3.8, 4) is 0 Å². The van der Waals surface area contributed by atoms with Gasteiger partial charge in [0.25, 0.3) is 5.91 Å². The summed E-state index contributed by atoms with van der Waals surface area (Å²) in [7, 11) is 1.41. The van der Waals surface area contributed by atoms with Crippen molar-refractivity contribution >= 4 is 40.3 Å². The van der Waals surface area contributed by atoms with E-state index in [0.717, 1.165) is 86.4 Å². The van der Waals surface area contributed by atoms with Gasteiger partial charge in [-0.05, 0) is 75.6 Å². The number of benzene rings is 2. The monoisotopic (exact) mass is 630 g/mol. The van der Waals surface area contributed by atoms with Crippen LogP contribution in [-0.4, -0.2) is 54.5 Å². The number of esters is 1. The zero-order valence-electron chi connectivity index (χ0n) is 27.7. The molecule has 1 fully saturated rings. The van der Waals surface area contributed by atoms with Gasteiger partial charge < -0.3 is 24.8 Å². The largest absolute Gasteiger partial charge is 0.469 e. The number of likely N-dealkylation sites (N-methyl/N-ethyl adjacent to an activating group) is 1. The summed E-state index contributed by atoms with van der Waals surface area (Å²) in [6, 6.07) is 17.6. The van der Waals surface area contributed by atoms with Crippen LogP contribution in [0.15, 0.2) is 54.6 Å². The minimum absolute atomic E-state index is 0.0210. The van der Waals surface area contributed by atoms with E-state index in [2.05, 4.69) is 22.3 Å². The van der Waals surface area contributed by atoms with E-state index < -0.39 is 0 Å². The first-order chi connectivity index (χ1) is 22.4. The Bertz CT molecular complexity index is 1470. The lowest BCUT2D eigenvalue weighted by Crippen LogP contribution is -2.42. The summed E-state index contributed by atoms with van der Waals surface area (Å²) in [5.74, 6) is -0.364. The average Bonchev–Trinajstić information content (AvgIpc) is 3.44. The second-order valence-electron chi connectivity index (χ2n) is 12.2. The van der Waals surface area contributed by atoms with E-state index in [1.165, 1.54) is 7.11 Å². The van der Waals surface area contributed by atoms with E-state index in [-0.39, 0.29) is 42.2 Å². The number of unbranched alkanes of at least 4 members (excludes halogenated alkanes) is 4. The highest BCUT2D eigenvalue weighted by molar-refractivity contribution is 6.01. The maximum Gasteiger partial charge on any atom is 0.305 e. The normalized spacial score (nSPS) is 16.2. The number of aromatic nitrogens is 1. The number of hydrogen-bond acceptors (Lipinski definition) is 5. The number of carbonyl (C=O) groups excluding carboxylic acids is 4. The van der Waals surface area contributed by atoms with Crippen LogP contribution in [0.3, 0.4) is 0 Å². The first-order valence-electron chi connectivity index (χ1n) is 17.0. The maximum atomic E-state index is 13.7. The zero-order valence-corrected chi connectivity index (χ0v) is 27.7. The van der Waals surface area contributed by atoms with E-state index >= 15 is 0 Å². The Morgan fingerprint density at radius 3 is 2.33 bits per heavy atom. The van der Waals surface area contributed by atoms with Crippen molar-refractivity contribution in [1.82, 2.24) is 15.2 Å². The minimum atomic E-state index is -0.194. The maximum absolute atomic E-state index is 13.7. The van der Waals surface area contributed by atoms with Gasteiger partial charge in [0.05, 0.1) is 7.11 Å². The molecule has 2 N–H and O–H groups in total. The number of carbonyl (C=O) groups is 4. The number of para-hydroxylation sites is 2. The van der Waals surface area contributed by atoms with Gasteiger partial charge in [-0.1, -0.05) is 62.6 Å². The van der Waals surface area contributed by atoms with Gasteiger partial charge in [0, 0.05) is 48.1 Å². The highest BCUT2D eigenvalue weighted by atomic mass is 16.5. The molecule has 9 heteroatoms. The van der Waals surface area contributed by atoms with Gasteiger partial charge in [-0.2, -0.15) is 0 Å². The van der Waals surface area contributed by atoms with Crippen LogP contribution in [0.5, 0.6) is 0 Å². The summed E-state index contributed by atoms with van der Waals surface area (Å²) < 4.78 is 6.50. The summed E-state index contributed by atoms with van der Waals surface area (Å²) in [6.45, 7) is 5.31. The van der Waals surface area contributed by atoms with Gasteiger partial charge in [-0.15, -0.1) is 0 Å². The number of aryl methyl sites for hydroxylation is 1. The predicted molar refractivity (Wildman–Crippen MR) is 182 cm³/mol. The van der Waals surface area contributed by atoms with E-state index in [9.17, 15) is 19.2 Å². The van der Waals surface area contributed by atoms with Crippen LogP contribution < -0.4 is 15.5 Å². The molecule has 0 bridgehead atoms. The molecule has 248 valence electrons. The van der Waals surface area contributed by atoms with Crippen LogP contribution in [0.25, 0.3) is 10.9 Å². The number of methoxy groups -OCH3 is 1. The van der Waals surface area contributed by atoms with Crippen LogP contribution in [-0.2, 0) is 32.1 Å². The molecule has 9 nitrogen and oxygen atoms in total. The molecule has 0 unspecified atom stereocenters. The van der Waals surface area contributed by atoms with Crippen molar-refractivity contribution in [1.29, 1.82) is 0 Å². The van der Waals surface area contributed by atoms with Crippen molar-refractivity contribution in [3.63, 3.8) is 0 Å². The molecule has 0 atom stereocenters. The van der Waals surface area contributed by atoms with Crippen LogP contribution in [0.1, 0.15) is 94.1 Å². The van der Waals surface area contributed by atoms with E-state index in [1.54, 1.807) is 4.90 Å². The molecule has 0 spiro atoms. The molecule has 2 aromatic carbocycles. The molecule has 3 amide bonds. The summed E-state index contributed by atoms with van der Waals surface area (Å²) in [4.78, 5) is 53.1. The Hall–Kier alpha value is -4.14. The van der Waals surface area contributed by atoms with Gasteiger partial charge in [-0.25, -0.2) is 0 Å². The lowest BCUT2D eigenvalue weighted by molar-refractivity contribution is -0.140. The Morgan fingerprint density at radius 2 is 1.59 bits per heavy atom. The van der Waals surface area contributed by atoms with Crippen molar-refractivity contribution in [2.45, 2.75) is 97.1 Å². The second kappa shape index (κ2) is 17.5. The Morgan fingerprint density at radius 1 is 0.891 bits per heavy atom. The predicted octanol–water partition coefficient (Wildman–Crippen LogP) is 6.18. The molecule has 1 aromatic heterocycles. The van der Waals surface area contributed by atoms with Crippen LogP contribution in [0.2, 0.25) is 0 Å². The third-order valence-corrected chi connectivity index (χ3v) is 9.13. The number of ether oxygens (including phenoxy) is 1. The molecule has 0 aliphatic heterocycles. The molecular weight excluding hydrogens is 580 g/mol. The number of anilines is 1. The summed E-state index contributed by atoms with van der Waals surface area (Å²) in [5.41, 5.74) is 3.34. The summed E-state index contributed by atoms with van der Waals surface area (Å²) in [5, 5.41) is 7.21. The zero-order chi connectivity index (χ0) is 32.9. The Kier molecular flexibility index (Phi) is 13.2. The van der Waals surface area contributed by atoms with E-state index in [0.29, 0.717) is 25.2 Å². The number of nitrogens with zero attached hydrogens (tertiary/aromatic N) is 2. The van der Waals surface area contributed by atoms with Crippen LogP contribution >= 0.6 is 0 Å². The highest BCUT2D eigenvalue weighted by Crippen LogP contribution is 2.27. The number of rotatable bonds is 16. The number of fused-ring (bicyclic) bond motifs is 1. The van der Waals surface area contributed by atoms with Crippen molar-refractivity contribution in [2.24, 2.45) is 5.92 Å². The SMILES string of the molecule is CCc1ccccc1N(CC)C(=O)Cn1c(C(=O)NC2CCC(C(=O)NCCCCCCCC(=O)OC)CC2)cc2ccccc21. The van der Waals surface area contributed by atoms with Gasteiger partial charge in [0.15, 0.2) is 0 Å². The molecule has 1 heterocycles. The Labute approximate surface area is 273 Å². The fourth-order valence-corrected chi connectivity index (χ4v) is 6.49. The Balaban J connectivity index is 1.29. The fraction of sp³-hybridized carbons (Fsp3) is 0.514. The molecular formula is C37H50N4O5.